The summed E-state index contributed by atoms with van der Waals surface area (Å²) < 4.78 is 6.27. The molecule has 0 N–H and O–H groups in total. The van der Waals surface area contributed by atoms with Gasteiger partial charge in [0.15, 0.2) is 4.32 Å². The monoisotopic (exact) mass is 450 g/mol. The van der Waals surface area contributed by atoms with Gasteiger partial charge in [-0.15, -0.1) is 0 Å². The molecule has 4 rings (SSSR count). The number of rotatable bonds is 4. The lowest BCUT2D eigenvalue weighted by atomic mass is 10.1. The van der Waals surface area contributed by atoms with E-state index in [-0.39, 0.29) is 11.6 Å². The van der Waals surface area contributed by atoms with Gasteiger partial charge in [-0.25, -0.2) is 0 Å². The molecule has 0 spiro atoms. The van der Waals surface area contributed by atoms with E-state index in [4.69, 9.17) is 16.6 Å². The van der Waals surface area contributed by atoms with E-state index in [9.17, 15) is 14.9 Å². The van der Waals surface area contributed by atoms with Crippen molar-refractivity contribution in [2.75, 3.05) is 4.90 Å². The summed E-state index contributed by atoms with van der Waals surface area (Å²) in [4.78, 5) is 26.0. The van der Waals surface area contributed by atoms with Gasteiger partial charge in [0.25, 0.3) is 11.6 Å². The highest BCUT2D eigenvalue weighted by Gasteiger charge is 2.34. The standard InChI is InChI=1S/C23H18N2O4S2/c1-13-4-6-15(3)18(10-13)24-22(26)21(31-23(24)30)12-16-7-9-20(29-16)17-8-5-14(2)11-19(17)25(27)28/h4-12H,1-3H3/b21-12+. The molecule has 156 valence electrons. The Labute approximate surface area is 188 Å². The summed E-state index contributed by atoms with van der Waals surface area (Å²) in [5.41, 5.74) is 3.91. The molecule has 3 aromatic rings. The number of thiocarbonyl (C=S) groups is 1. The highest BCUT2D eigenvalue weighted by molar-refractivity contribution is 8.27. The first-order valence-electron chi connectivity index (χ1n) is 9.45. The fourth-order valence-corrected chi connectivity index (χ4v) is 4.61. The van der Waals surface area contributed by atoms with Crippen molar-refractivity contribution in [3.05, 3.63) is 86.0 Å². The maximum Gasteiger partial charge on any atom is 0.280 e. The van der Waals surface area contributed by atoms with Gasteiger partial charge >= 0.3 is 0 Å². The van der Waals surface area contributed by atoms with Crippen molar-refractivity contribution >= 4 is 51.7 Å². The van der Waals surface area contributed by atoms with E-state index in [2.05, 4.69) is 0 Å². The third-order valence-electron chi connectivity index (χ3n) is 4.91. The fourth-order valence-electron chi connectivity index (χ4n) is 3.34. The minimum atomic E-state index is -0.431. The predicted molar refractivity (Wildman–Crippen MR) is 127 cm³/mol. The molecule has 1 fully saturated rings. The van der Waals surface area contributed by atoms with Gasteiger partial charge in [0.2, 0.25) is 0 Å². The Morgan fingerprint density at radius 1 is 1.06 bits per heavy atom. The number of furan rings is 1. The molecule has 1 aliphatic rings. The number of nitro groups is 1. The van der Waals surface area contributed by atoms with Crippen LogP contribution in [0.4, 0.5) is 11.4 Å². The molecular formula is C23H18N2O4S2. The lowest BCUT2D eigenvalue weighted by Gasteiger charge is -2.17. The van der Waals surface area contributed by atoms with Crippen LogP contribution in [0.2, 0.25) is 0 Å². The number of carbonyl (C=O) groups is 1. The molecule has 1 amide bonds. The van der Waals surface area contributed by atoms with Crippen LogP contribution in [0.5, 0.6) is 0 Å². The van der Waals surface area contributed by atoms with Crippen molar-refractivity contribution in [1.29, 1.82) is 0 Å². The summed E-state index contributed by atoms with van der Waals surface area (Å²) in [5, 5.41) is 11.4. The summed E-state index contributed by atoms with van der Waals surface area (Å²) >= 11 is 6.66. The molecule has 2 aromatic carbocycles. The first-order chi connectivity index (χ1) is 14.7. The molecule has 0 saturated carbocycles. The molecule has 31 heavy (non-hydrogen) atoms. The first-order valence-corrected chi connectivity index (χ1v) is 10.7. The zero-order chi connectivity index (χ0) is 22.3. The number of thioether (sulfide) groups is 1. The second-order valence-corrected chi connectivity index (χ2v) is 8.96. The van der Waals surface area contributed by atoms with Crippen LogP contribution in [-0.2, 0) is 4.79 Å². The van der Waals surface area contributed by atoms with Gasteiger partial charge in [0, 0.05) is 12.1 Å². The number of hydrogen-bond acceptors (Lipinski definition) is 6. The van der Waals surface area contributed by atoms with Crippen molar-refractivity contribution in [3.63, 3.8) is 0 Å². The van der Waals surface area contributed by atoms with Crippen LogP contribution < -0.4 is 4.90 Å². The second kappa shape index (κ2) is 8.13. The van der Waals surface area contributed by atoms with Gasteiger partial charge in [0.05, 0.1) is 21.1 Å². The fraction of sp³-hybridized carbons (Fsp3) is 0.130. The van der Waals surface area contributed by atoms with Gasteiger partial charge in [-0.05, 0) is 61.7 Å². The topological polar surface area (TPSA) is 76.6 Å². The molecule has 0 unspecified atom stereocenters. The normalized spacial score (nSPS) is 15.2. The number of benzene rings is 2. The van der Waals surface area contributed by atoms with E-state index in [1.54, 1.807) is 37.3 Å². The summed E-state index contributed by atoms with van der Waals surface area (Å²) in [7, 11) is 0. The Kier molecular flexibility index (Phi) is 5.51. The molecular weight excluding hydrogens is 432 g/mol. The van der Waals surface area contributed by atoms with Crippen LogP contribution in [0.3, 0.4) is 0 Å². The van der Waals surface area contributed by atoms with Crippen LogP contribution in [0.25, 0.3) is 17.4 Å². The molecule has 6 nitrogen and oxygen atoms in total. The number of amides is 1. The maximum atomic E-state index is 13.1. The number of nitro benzene ring substituents is 1. The average molecular weight is 451 g/mol. The van der Waals surface area contributed by atoms with Crippen molar-refractivity contribution < 1.29 is 14.1 Å². The number of aryl methyl sites for hydroxylation is 3. The average Bonchev–Trinajstić information content (AvgIpc) is 3.28. The molecule has 0 aliphatic carbocycles. The van der Waals surface area contributed by atoms with E-state index >= 15 is 0 Å². The summed E-state index contributed by atoms with van der Waals surface area (Å²) in [6.07, 6.45) is 1.62. The number of hydrogen-bond donors (Lipinski definition) is 0. The number of carbonyl (C=O) groups excluding carboxylic acids is 1. The summed E-state index contributed by atoms with van der Waals surface area (Å²) in [5.74, 6) is 0.567. The van der Waals surface area contributed by atoms with Gasteiger partial charge in [-0.2, -0.15) is 0 Å². The zero-order valence-electron chi connectivity index (χ0n) is 17.0. The molecule has 1 aromatic heterocycles. The van der Waals surface area contributed by atoms with E-state index in [0.717, 1.165) is 22.4 Å². The highest BCUT2D eigenvalue weighted by Crippen LogP contribution is 2.38. The molecule has 0 bridgehead atoms. The van der Waals surface area contributed by atoms with Crippen molar-refractivity contribution in [2.45, 2.75) is 20.8 Å². The van der Waals surface area contributed by atoms with Crippen molar-refractivity contribution in [2.24, 2.45) is 0 Å². The lowest BCUT2D eigenvalue weighted by molar-refractivity contribution is -0.384. The van der Waals surface area contributed by atoms with Crippen molar-refractivity contribution in [3.8, 4) is 11.3 Å². The minimum absolute atomic E-state index is 0.0258. The Hall–Kier alpha value is -3.23. The van der Waals surface area contributed by atoms with Crippen molar-refractivity contribution in [1.82, 2.24) is 0 Å². The zero-order valence-corrected chi connectivity index (χ0v) is 18.7. The molecule has 1 saturated heterocycles. The maximum absolute atomic E-state index is 13.1. The SMILES string of the molecule is Cc1ccc(C)c(N2C(=O)/C(=C\c3ccc(-c4ccc(C)cc4[N+](=O)[O-])o3)SC2=S)c1. The van der Waals surface area contributed by atoms with Gasteiger partial charge < -0.3 is 4.42 Å². The molecule has 0 radical (unpaired) electrons. The predicted octanol–water partition coefficient (Wildman–Crippen LogP) is 6.19. The second-order valence-electron chi connectivity index (χ2n) is 7.29. The third kappa shape index (κ3) is 4.04. The van der Waals surface area contributed by atoms with Crippen LogP contribution >= 0.6 is 24.0 Å². The molecule has 1 aliphatic heterocycles. The summed E-state index contributed by atoms with van der Waals surface area (Å²) in [6.45, 7) is 5.69. The van der Waals surface area contributed by atoms with Crippen LogP contribution in [-0.4, -0.2) is 15.2 Å². The van der Waals surface area contributed by atoms with Crippen LogP contribution in [0.15, 0.2) is 57.9 Å². The Balaban J connectivity index is 1.66. The molecule has 0 atom stereocenters. The summed E-state index contributed by atoms with van der Waals surface area (Å²) in [6, 6.07) is 14.2. The Morgan fingerprint density at radius 3 is 2.52 bits per heavy atom. The van der Waals surface area contributed by atoms with Gasteiger partial charge in [0.1, 0.15) is 11.5 Å². The number of nitrogens with zero attached hydrogens (tertiary/aromatic N) is 2. The van der Waals surface area contributed by atoms with Gasteiger partial charge in [-0.1, -0.05) is 42.2 Å². The quantitative estimate of drug-likeness (QED) is 0.204. The minimum Gasteiger partial charge on any atom is -0.456 e. The Bertz CT molecular complexity index is 1280. The van der Waals surface area contributed by atoms with Gasteiger partial charge in [-0.3, -0.25) is 19.8 Å². The van der Waals surface area contributed by atoms with Crippen LogP contribution in [0.1, 0.15) is 22.5 Å². The molecule has 8 heteroatoms. The third-order valence-corrected chi connectivity index (χ3v) is 6.22. The highest BCUT2D eigenvalue weighted by atomic mass is 32.2. The van der Waals surface area contributed by atoms with Crippen LogP contribution in [0, 0.1) is 30.9 Å². The number of anilines is 1. The smallest absolute Gasteiger partial charge is 0.280 e. The Morgan fingerprint density at radius 2 is 1.77 bits per heavy atom. The molecule has 2 heterocycles. The van der Waals surface area contributed by atoms with E-state index in [1.807, 2.05) is 32.0 Å². The lowest BCUT2D eigenvalue weighted by Crippen LogP contribution is -2.28. The van der Waals surface area contributed by atoms with E-state index in [1.165, 1.54) is 22.7 Å². The van der Waals surface area contributed by atoms with E-state index < -0.39 is 4.92 Å². The largest absolute Gasteiger partial charge is 0.456 e. The van der Waals surface area contributed by atoms with E-state index in [0.29, 0.717) is 26.3 Å². The first kappa shape index (κ1) is 21.0.